The van der Waals surface area contributed by atoms with Crippen LogP contribution in [-0.4, -0.2) is 16.9 Å². The average Bonchev–Trinajstić information content (AvgIpc) is 2.26. The molecule has 0 aromatic heterocycles. The lowest BCUT2D eigenvalue weighted by molar-refractivity contribution is 0.0992. The molecule has 0 N–H and O–H groups in total. The molecule has 0 aliphatic heterocycles. The summed E-state index contributed by atoms with van der Waals surface area (Å²) < 4.78 is 0. The summed E-state index contributed by atoms with van der Waals surface area (Å²) in [6.45, 7) is 3.95. The summed E-state index contributed by atoms with van der Waals surface area (Å²) in [4.78, 5) is 13.0. The number of alkyl halides is 1. The van der Waals surface area contributed by atoms with Crippen molar-refractivity contribution in [1.29, 1.82) is 0 Å². The second-order valence-corrected chi connectivity index (χ2v) is 5.55. The zero-order valence-corrected chi connectivity index (χ0v) is 11.6. The predicted molar refractivity (Wildman–Crippen MR) is 70.3 cm³/mol. The van der Waals surface area contributed by atoms with Crippen LogP contribution in [0.3, 0.4) is 0 Å². The smallest absolute Gasteiger partial charge is 0.177 e. The van der Waals surface area contributed by atoms with E-state index in [4.69, 9.17) is 0 Å². The first kappa shape index (κ1) is 12.8. The fraction of sp³-hybridized carbons (Fsp3) is 0.417. The topological polar surface area (TPSA) is 17.1 Å². The van der Waals surface area contributed by atoms with E-state index in [0.717, 1.165) is 22.4 Å². The van der Waals surface area contributed by atoms with Gasteiger partial charge in [0.05, 0.1) is 4.83 Å². The molecule has 1 aromatic rings. The summed E-state index contributed by atoms with van der Waals surface area (Å²) in [5.41, 5.74) is 2.02. The first-order valence-corrected chi connectivity index (χ1v) is 7.10. The molecule has 1 atom stereocenters. The van der Waals surface area contributed by atoms with Gasteiger partial charge in [0.15, 0.2) is 5.78 Å². The first-order chi connectivity index (χ1) is 7.11. The maximum absolute atomic E-state index is 12.0. The highest BCUT2D eigenvalue weighted by Gasteiger charge is 2.18. The van der Waals surface area contributed by atoms with Gasteiger partial charge in [-0.25, -0.2) is 0 Å². The van der Waals surface area contributed by atoms with Crippen LogP contribution in [0.4, 0.5) is 0 Å². The Bertz CT molecular complexity index is 338. The van der Waals surface area contributed by atoms with Crippen molar-refractivity contribution < 1.29 is 4.79 Å². The number of carbonyl (C=O) groups excluding carboxylic acids is 1. The highest BCUT2D eigenvalue weighted by molar-refractivity contribution is 9.10. The number of thioether (sulfide) groups is 1. The molecule has 0 aliphatic carbocycles. The summed E-state index contributed by atoms with van der Waals surface area (Å²) in [6.07, 6.45) is 2.90. The molecule has 15 heavy (non-hydrogen) atoms. The molecule has 0 amide bonds. The molecule has 1 rings (SSSR count). The third-order valence-electron chi connectivity index (χ3n) is 2.32. The van der Waals surface area contributed by atoms with Gasteiger partial charge in [0.1, 0.15) is 0 Å². The molecule has 0 saturated carbocycles. The third-order valence-corrected chi connectivity index (χ3v) is 3.52. The first-order valence-electron chi connectivity index (χ1n) is 4.96. The van der Waals surface area contributed by atoms with Crippen molar-refractivity contribution in [2.45, 2.75) is 30.0 Å². The number of aryl methyl sites for hydroxylation is 1. The molecular formula is C12H15BrOS. The Labute approximate surface area is 104 Å². The monoisotopic (exact) mass is 286 g/mol. The molecule has 3 heteroatoms. The quantitative estimate of drug-likeness (QED) is 0.474. The fourth-order valence-electron chi connectivity index (χ4n) is 1.52. The lowest BCUT2D eigenvalue weighted by Crippen LogP contribution is -2.13. The Hall–Kier alpha value is -0.280. The van der Waals surface area contributed by atoms with Gasteiger partial charge in [-0.05, 0) is 31.2 Å². The van der Waals surface area contributed by atoms with Crippen LogP contribution in [0.25, 0.3) is 0 Å². The van der Waals surface area contributed by atoms with Gasteiger partial charge in [-0.1, -0.05) is 35.0 Å². The van der Waals surface area contributed by atoms with E-state index in [0.29, 0.717) is 0 Å². The SMILES string of the molecule is CCc1cccc(SC)c1C(=O)C(C)Br. The van der Waals surface area contributed by atoms with Crippen molar-refractivity contribution in [3.63, 3.8) is 0 Å². The molecule has 0 heterocycles. The number of hydrogen-bond donors (Lipinski definition) is 0. The summed E-state index contributed by atoms with van der Waals surface area (Å²) in [6, 6.07) is 6.05. The fourth-order valence-corrected chi connectivity index (χ4v) is 2.40. The molecule has 1 nitrogen and oxygen atoms in total. The minimum absolute atomic E-state index is 0.115. The van der Waals surface area contributed by atoms with E-state index in [-0.39, 0.29) is 10.6 Å². The van der Waals surface area contributed by atoms with Crippen molar-refractivity contribution in [3.05, 3.63) is 29.3 Å². The molecule has 0 fully saturated rings. The predicted octanol–water partition coefficient (Wildman–Crippen LogP) is 3.94. The van der Waals surface area contributed by atoms with Crippen LogP contribution in [-0.2, 0) is 6.42 Å². The summed E-state index contributed by atoms with van der Waals surface area (Å²) in [5, 5.41) is 0. The molecule has 0 spiro atoms. The Morgan fingerprint density at radius 1 is 1.53 bits per heavy atom. The van der Waals surface area contributed by atoms with Crippen molar-refractivity contribution in [3.8, 4) is 0 Å². The number of halogens is 1. The lowest BCUT2D eigenvalue weighted by atomic mass is 10.0. The van der Waals surface area contributed by atoms with E-state index in [1.54, 1.807) is 11.8 Å². The van der Waals surface area contributed by atoms with Crippen LogP contribution < -0.4 is 0 Å². The van der Waals surface area contributed by atoms with Crippen LogP contribution in [0, 0.1) is 0 Å². The van der Waals surface area contributed by atoms with Crippen LogP contribution in [0.2, 0.25) is 0 Å². The zero-order valence-electron chi connectivity index (χ0n) is 9.21. The number of benzene rings is 1. The third kappa shape index (κ3) is 2.85. The van der Waals surface area contributed by atoms with Gasteiger partial charge in [-0.2, -0.15) is 0 Å². The van der Waals surface area contributed by atoms with Gasteiger partial charge < -0.3 is 0 Å². The zero-order chi connectivity index (χ0) is 11.4. The van der Waals surface area contributed by atoms with E-state index in [2.05, 4.69) is 22.9 Å². The number of carbonyl (C=O) groups is 1. The molecule has 0 radical (unpaired) electrons. The van der Waals surface area contributed by atoms with Gasteiger partial charge in [-0.3, -0.25) is 4.79 Å². The van der Waals surface area contributed by atoms with E-state index < -0.39 is 0 Å². The van der Waals surface area contributed by atoms with E-state index in [1.807, 2.05) is 31.4 Å². The van der Waals surface area contributed by atoms with Gasteiger partial charge in [0, 0.05) is 10.5 Å². The Morgan fingerprint density at radius 3 is 2.67 bits per heavy atom. The minimum Gasteiger partial charge on any atom is -0.293 e. The van der Waals surface area contributed by atoms with E-state index in [1.165, 1.54) is 0 Å². The molecule has 0 aliphatic rings. The maximum Gasteiger partial charge on any atom is 0.177 e. The van der Waals surface area contributed by atoms with Crippen LogP contribution in [0.1, 0.15) is 29.8 Å². The van der Waals surface area contributed by atoms with E-state index >= 15 is 0 Å². The molecule has 0 saturated heterocycles. The summed E-state index contributed by atoms with van der Waals surface area (Å²) in [5.74, 6) is 0.178. The van der Waals surface area contributed by atoms with Crippen molar-refractivity contribution in [1.82, 2.24) is 0 Å². The summed E-state index contributed by atoms with van der Waals surface area (Å²) >= 11 is 4.97. The summed E-state index contributed by atoms with van der Waals surface area (Å²) in [7, 11) is 0. The van der Waals surface area contributed by atoms with Crippen molar-refractivity contribution in [2.24, 2.45) is 0 Å². The minimum atomic E-state index is -0.115. The van der Waals surface area contributed by atoms with Gasteiger partial charge in [0.2, 0.25) is 0 Å². The molecule has 82 valence electrons. The van der Waals surface area contributed by atoms with Gasteiger partial charge >= 0.3 is 0 Å². The maximum atomic E-state index is 12.0. The second-order valence-electron chi connectivity index (χ2n) is 3.33. The standard InChI is InChI=1S/C12H15BrOS/c1-4-9-6-5-7-10(15-3)11(9)12(14)8(2)13/h5-8H,4H2,1-3H3. The Morgan fingerprint density at radius 2 is 2.20 bits per heavy atom. The Kier molecular flexibility index (Phi) is 4.87. The molecule has 1 unspecified atom stereocenters. The number of rotatable bonds is 4. The average molecular weight is 287 g/mol. The highest BCUT2D eigenvalue weighted by atomic mass is 79.9. The lowest BCUT2D eigenvalue weighted by Gasteiger charge is -2.12. The number of hydrogen-bond acceptors (Lipinski definition) is 2. The number of ketones is 1. The Balaban J connectivity index is 3.28. The molecule has 0 bridgehead atoms. The van der Waals surface area contributed by atoms with Gasteiger partial charge in [0.25, 0.3) is 0 Å². The largest absolute Gasteiger partial charge is 0.293 e. The van der Waals surface area contributed by atoms with Crippen molar-refractivity contribution in [2.75, 3.05) is 6.26 Å². The van der Waals surface area contributed by atoms with E-state index in [9.17, 15) is 4.79 Å². The molecular weight excluding hydrogens is 272 g/mol. The molecule has 1 aromatic carbocycles. The highest BCUT2D eigenvalue weighted by Crippen LogP contribution is 2.26. The van der Waals surface area contributed by atoms with Gasteiger partial charge in [-0.15, -0.1) is 11.8 Å². The van der Waals surface area contributed by atoms with Crippen molar-refractivity contribution >= 4 is 33.5 Å². The number of Topliss-reactive ketones (excluding diaryl/α,β-unsaturated/α-hetero) is 1. The van der Waals surface area contributed by atoms with Crippen LogP contribution >= 0.6 is 27.7 Å². The van der Waals surface area contributed by atoms with Crippen LogP contribution in [0.5, 0.6) is 0 Å². The second kappa shape index (κ2) is 5.71. The van der Waals surface area contributed by atoms with Crippen LogP contribution in [0.15, 0.2) is 23.1 Å². The normalized spacial score (nSPS) is 12.5.